The molecule has 132 valence electrons. The largest absolute Gasteiger partial charge is 0.497 e. The van der Waals surface area contributed by atoms with Crippen molar-refractivity contribution in [2.24, 2.45) is 5.41 Å². The molecule has 1 aromatic carbocycles. The second-order valence-corrected chi connectivity index (χ2v) is 7.38. The molecule has 0 spiro atoms. The number of hydrogen-bond donors (Lipinski definition) is 0. The number of methoxy groups -OCH3 is 1. The van der Waals surface area contributed by atoms with E-state index < -0.39 is 0 Å². The van der Waals surface area contributed by atoms with Gasteiger partial charge in [0.25, 0.3) is 0 Å². The summed E-state index contributed by atoms with van der Waals surface area (Å²) in [6.45, 7) is 5.81. The van der Waals surface area contributed by atoms with Crippen LogP contribution in [0, 0.1) is 5.41 Å². The van der Waals surface area contributed by atoms with Gasteiger partial charge in [-0.1, -0.05) is 13.0 Å². The van der Waals surface area contributed by atoms with Crippen molar-refractivity contribution in [2.45, 2.75) is 52.2 Å². The second kappa shape index (κ2) is 5.65. The Bertz CT molecular complexity index is 804. The number of allylic oxidation sites excluding steroid dienone is 1. The molecule has 0 fully saturated rings. The Morgan fingerprint density at radius 3 is 2.88 bits per heavy atom. The van der Waals surface area contributed by atoms with E-state index in [0.29, 0.717) is 0 Å². The first kappa shape index (κ1) is 16.2. The molecule has 2 aliphatic carbocycles. The van der Waals surface area contributed by atoms with Crippen molar-refractivity contribution in [3.05, 3.63) is 41.0 Å². The fraction of sp³-hybridized carbons (Fsp3) is 0.476. The lowest BCUT2D eigenvalue weighted by molar-refractivity contribution is -0.150. The summed E-state index contributed by atoms with van der Waals surface area (Å²) in [5.74, 6) is 1.50. The average Bonchev–Trinajstić information content (AvgIpc) is 2.90. The van der Waals surface area contributed by atoms with Crippen LogP contribution in [0.1, 0.15) is 45.6 Å². The summed E-state index contributed by atoms with van der Waals surface area (Å²) in [5.41, 5.74) is 4.98. The highest BCUT2D eigenvalue weighted by molar-refractivity contribution is 5.81. The van der Waals surface area contributed by atoms with Crippen molar-refractivity contribution in [1.82, 2.24) is 0 Å². The molecule has 0 aromatic heterocycles. The van der Waals surface area contributed by atoms with Gasteiger partial charge in [0.15, 0.2) is 0 Å². The van der Waals surface area contributed by atoms with E-state index in [1.165, 1.54) is 23.6 Å². The van der Waals surface area contributed by atoms with Crippen LogP contribution in [0.3, 0.4) is 0 Å². The topological polar surface area (TPSA) is 44.8 Å². The molecule has 0 bridgehead atoms. The quantitative estimate of drug-likeness (QED) is 0.753. The van der Waals surface area contributed by atoms with E-state index >= 15 is 0 Å². The summed E-state index contributed by atoms with van der Waals surface area (Å²) in [4.78, 5) is 11.5. The summed E-state index contributed by atoms with van der Waals surface area (Å²) in [7, 11) is 1.67. The number of fused-ring (bicyclic) bond motifs is 4. The van der Waals surface area contributed by atoms with Crippen molar-refractivity contribution >= 4 is 11.5 Å². The Labute approximate surface area is 148 Å². The molecule has 4 rings (SSSR count). The molecule has 3 atom stereocenters. The zero-order valence-corrected chi connectivity index (χ0v) is 15.2. The van der Waals surface area contributed by atoms with Crippen molar-refractivity contribution < 1.29 is 19.0 Å². The fourth-order valence-corrected chi connectivity index (χ4v) is 4.64. The summed E-state index contributed by atoms with van der Waals surface area (Å²) in [5, 5.41) is 0. The molecule has 0 N–H and O–H groups in total. The highest BCUT2D eigenvalue weighted by atomic mass is 16.5. The van der Waals surface area contributed by atoms with Gasteiger partial charge in [0, 0.05) is 30.4 Å². The molecule has 0 amide bonds. The lowest BCUT2D eigenvalue weighted by Gasteiger charge is -2.43. The minimum atomic E-state index is -0.203. The van der Waals surface area contributed by atoms with Gasteiger partial charge in [0.2, 0.25) is 0 Å². The van der Waals surface area contributed by atoms with Gasteiger partial charge < -0.3 is 14.2 Å². The molecule has 1 heterocycles. The van der Waals surface area contributed by atoms with E-state index in [9.17, 15) is 4.79 Å². The van der Waals surface area contributed by atoms with Crippen molar-refractivity contribution in [3.63, 3.8) is 0 Å². The van der Waals surface area contributed by atoms with Crippen molar-refractivity contribution in [3.8, 4) is 11.5 Å². The third-order valence-corrected chi connectivity index (χ3v) is 5.90. The predicted octanol–water partition coefficient (Wildman–Crippen LogP) is 4.29. The number of esters is 1. The summed E-state index contributed by atoms with van der Waals surface area (Å²) in [6, 6.07) is 6.05. The zero-order chi connectivity index (χ0) is 17.8. The molecule has 1 aromatic rings. The molecule has 0 unspecified atom stereocenters. The first-order valence-electron chi connectivity index (χ1n) is 8.90. The van der Waals surface area contributed by atoms with Gasteiger partial charge in [-0.15, -0.1) is 0 Å². The molecule has 0 saturated heterocycles. The van der Waals surface area contributed by atoms with Gasteiger partial charge in [-0.25, -0.2) is 0 Å². The number of rotatable bonds is 2. The van der Waals surface area contributed by atoms with E-state index in [1.54, 1.807) is 7.11 Å². The minimum Gasteiger partial charge on any atom is -0.497 e. The third-order valence-electron chi connectivity index (χ3n) is 5.90. The lowest BCUT2D eigenvalue weighted by Crippen LogP contribution is -2.39. The first-order valence-corrected chi connectivity index (χ1v) is 8.90. The summed E-state index contributed by atoms with van der Waals surface area (Å²) >= 11 is 0. The van der Waals surface area contributed by atoms with Crippen LogP contribution < -0.4 is 9.47 Å². The fourth-order valence-electron chi connectivity index (χ4n) is 4.64. The van der Waals surface area contributed by atoms with Crippen LogP contribution >= 0.6 is 0 Å². The Morgan fingerprint density at radius 1 is 1.36 bits per heavy atom. The van der Waals surface area contributed by atoms with Gasteiger partial charge >= 0.3 is 5.97 Å². The Balaban J connectivity index is 1.78. The van der Waals surface area contributed by atoms with Gasteiger partial charge in [0.05, 0.1) is 7.11 Å². The van der Waals surface area contributed by atoms with Crippen molar-refractivity contribution in [1.29, 1.82) is 0 Å². The number of carbonyl (C=O) groups excluding carboxylic acids is 1. The first-order chi connectivity index (χ1) is 11.9. The molecule has 4 nitrogen and oxygen atoms in total. The van der Waals surface area contributed by atoms with Crippen LogP contribution in [0.4, 0.5) is 0 Å². The molecule has 4 heteroatoms. The Hall–Kier alpha value is -2.23. The maximum absolute atomic E-state index is 11.5. The van der Waals surface area contributed by atoms with Crippen LogP contribution in [0.15, 0.2) is 35.4 Å². The lowest BCUT2D eigenvalue weighted by atomic mass is 9.66. The van der Waals surface area contributed by atoms with E-state index in [4.69, 9.17) is 14.2 Å². The Kier molecular flexibility index (Phi) is 3.67. The highest BCUT2D eigenvalue weighted by Crippen LogP contribution is 2.57. The molecule has 0 radical (unpaired) electrons. The molecule has 0 saturated carbocycles. The monoisotopic (exact) mass is 340 g/mol. The number of ether oxygens (including phenoxy) is 3. The summed E-state index contributed by atoms with van der Waals surface area (Å²) in [6.07, 6.45) is 4.89. The van der Waals surface area contributed by atoms with Crippen LogP contribution in [0.5, 0.6) is 11.5 Å². The molecular weight excluding hydrogens is 316 g/mol. The summed E-state index contributed by atoms with van der Waals surface area (Å²) < 4.78 is 17.2. The SMILES string of the molecule is COc1ccc2c(c1)O[C@H](C)C1=C2CC[C@@]2(C)C1=CC[C@@H]2OC(C)=O. The van der Waals surface area contributed by atoms with Gasteiger partial charge in [-0.3, -0.25) is 4.79 Å². The second-order valence-electron chi connectivity index (χ2n) is 7.38. The maximum Gasteiger partial charge on any atom is 0.302 e. The third kappa shape index (κ3) is 2.38. The van der Waals surface area contributed by atoms with Gasteiger partial charge in [0.1, 0.15) is 23.7 Å². The average molecular weight is 340 g/mol. The zero-order valence-electron chi connectivity index (χ0n) is 15.2. The highest BCUT2D eigenvalue weighted by Gasteiger charge is 2.49. The predicted molar refractivity (Wildman–Crippen MR) is 95.6 cm³/mol. The molecular formula is C21H24O4. The normalized spacial score (nSPS) is 29.8. The number of benzene rings is 1. The molecule has 1 aliphatic heterocycles. The van der Waals surface area contributed by atoms with E-state index in [2.05, 4.69) is 26.0 Å². The number of carbonyl (C=O) groups is 1. The van der Waals surface area contributed by atoms with Crippen LogP contribution in [-0.4, -0.2) is 25.3 Å². The smallest absolute Gasteiger partial charge is 0.302 e. The maximum atomic E-state index is 11.5. The minimum absolute atomic E-state index is 0.0171. The van der Waals surface area contributed by atoms with Gasteiger partial charge in [-0.05, 0) is 48.6 Å². The van der Waals surface area contributed by atoms with Gasteiger partial charge in [-0.2, -0.15) is 0 Å². The van der Waals surface area contributed by atoms with Crippen molar-refractivity contribution in [2.75, 3.05) is 7.11 Å². The van der Waals surface area contributed by atoms with Crippen LogP contribution in [0.25, 0.3) is 5.57 Å². The van der Waals surface area contributed by atoms with Crippen LogP contribution in [0.2, 0.25) is 0 Å². The standard InChI is InChI=1S/C21H24O4/c1-12-20-16(15-6-5-14(23-4)11-18(15)24-12)9-10-21(3)17(20)7-8-19(21)25-13(2)22/h5-7,11-12,19H,8-10H2,1-4H3/t12-,19+,21+/m1/s1. The molecule has 3 aliphatic rings. The Morgan fingerprint density at radius 2 is 2.16 bits per heavy atom. The van der Waals surface area contributed by atoms with E-state index in [-0.39, 0.29) is 23.6 Å². The number of hydrogen-bond acceptors (Lipinski definition) is 4. The van der Waals surface area contributed by atoms with E-state index in [0.717, 1.165) is 36.3 Å². The van der Waals surface area contributed by atoms with Crippen LogP contribution in [-0.2, 0) is 9.53 Å². The molecule has 25 heavy (non-hydrogen) atoms. The van der Waals surface area contributed by atoms with E-state index in [1.807, 2.05) is 12.1 Å².